The van der Waals surface area contributed by atoms with E-state index in [0.29, 0.717) is 11.8 Å². The highest BCUT2D eigenvalue weighted by Crippen LogP contribution is 2.23. The van der Waals surface area contributed by atoms with Crippen molar-refractivity contribution in [3.8, 4) is 11.5 Å². The first-order valence-electron chi connectivity index (χ1n) is 6.86. The summed E-state index contributed by atoms with van der Waals surface area (Å²) in [6.07, 6.45) is 3.41. The highest BCUT2D eigenvalue weighted by molar-refractivity contribution is 5.58. The Hall–Kier alpha value is -1.68. The van der Waals surface area contributed by atoms with Crippen molar-refractivity contribution in [1.82, 2.24) is 15.5 Å². The first-order chi connectivity index (χ1) is 9.22. The van der Waals surface area contributed by atoms with E-state index >= 15 is 0 Å². The summed E-state index contributed by atoms with van der Waals surface area (Å²) in [7, 11) is 0. The van der Waals surface area contributed by atoms with Crippen molar-refractivity contribution in [3.63, 3.8) is 0 Å². The maximum absolute atomic E-state index is 5.73. The Bertz CT molecular complexity index is 573. The van der Waals surface area contributed by atoms with Crippen molar-refractivity contribution in [2.75, 3.05) is 6.54 Å². The monoisotopic (exact) mass is 257 g/mol. The van der Waals surface area contributed by atoms with Gasteiger partial charge in [-0.1, -0.05) is 17.7 Å². The van der Waals surface area contributed by atoms with Crippen LogP contribution in [0.4, 0.5) is 0 Å². The van der Waals surface area contributed by atoms with Crippen LogP contribution >= 0.6 is 0 Å². The Morgan fingerprint density at radius 3 is 2.84 bits per heavy atom. The van der Waals surface area contributed by atoms with Gasteiger partial charge in [0, 0.05) is 24.6 Å². The zero-order valence-electron chi connectivity index (χ0n) is 11.4. The number of aromatic nitrogens is 2. The lowest BCUT2D eigenvalue weighted by molar-refractivity contribution is 0.494. The van der Waals surface area contributed by atoms with Gasteiger partial charge in [0.1, 0.15) is 0 Å². The molecule has 19 heavy (non-hydrogen) atoms. The predicted molar refractivity (Wildman–Crippen MR) is 73.9 cm³/mol. The average molecular weight is 257 g/mol. The fourth-order valence-electron chi connectivity index (χ4n) is 2.19. The molecule has 1 aliphatic rings. The third-order valence-corrected chi connectivity index (χ3v) is 3.43. The van der Waals surface area contributed by atoms with Gasteiger partial charge < -0.3 is 9.73 Å². The van der Waals surface area contributed by atoms with Crippen LogP contribution in [0.1, 0.15) is 29.9 Å². The maximum atomic E-state index is 5.73. The SMILES string of the molecule is Cc1ccc(-c2nnc(CCNC3CC3)o2)c(C)c1. The molecule has 0 unspecified atom stereocenters. The van der Waals surface area contributed by atoms with Gasteiger partial charge in [-0.25, -0.2) is 0 Å². The Labute approximate surface area is 113 Å². The molecule has 1 fully saturated rings. The third kappa shape index (κ3) is 3.01. The van der Waals surface area contributed by atoms with Crippen LogP contribution in [0.2, 0.25) is 0 Å². The van der Waals surface area contributed by atoms with Crippen LogP contribution in [-0.4, -0.2) is 22.8 Å². The third-order valence-electron chi connectivity index (χ3n) is 3.43. The first kappa shape index (κ1) is 12.4. The van der Waals surface area contributed by atoms with Gasteiger partial charge >= 0.3 is 0 Å². The fraction of sp³-hybridized carbons (Fsp3) is 0.467. The minimum absolute atomic E-state index is 0.624. The van der Waals surface area contributed by atoms with E-state index in [0.717, 1.165) is 24.6 Å². The maximum Gasteiger partial charge on any atom is 0.247 e. The zero-order valence-corrected chi connectivity index (χ0v) is 11.4. The number of rotatable bonds is 5. The largest absolute Gasteiger partial charge is 0.421 e. The number of hydrogen-bond donors (Lipinski definition) is 1. The van der Waals surface area contributed by atoms with E-state index in [9.17, 15) is 0 Å². The Morgan fingerprint density at radius 1 is 1.26 bits per heavy atom. The van der Waals surface area contributed by atoms with E-state index in [2.05, 4.69) is 41.5 Å². The van der Waals surface area contributed by atoms with E-state index in [1.807, 2.05) is 6.07 Å². The summed E-state index contributed by atoms with van der Waals surface area (Å²) < 4.78 is 5.73. The second-order valence-corrected chi connectivity index (χ2v) is 5.30. The molecule has 0 spiro atoms. The van der Waals surface area contributed by atoms with Gasteiger partial charge in [0.15, 0.2) is 0 Å². The van der Waals surface area contributed by atoms with Crippen molar-refractivity contribution < 1.29 is 4.42 Å². The molecule has 1 aromatic carbocycles. The Kier molecular flexibility index (Phi) is 3.34. The number of aryl methyl sites for hydroxylation is 2. The molecule has 0 atom stereocenters. The lowest BCUT2D eigenvalue weighted by Crippen LogP contribution is -2.19. The van der Waals surface area contributed by atoms with Gasteiger partial charge in [-0.15, -0.1) is 10.2 Å². The smallest absolute Gasteiger partial charge is 0.247 e. The van der Waals surface area contributed by atoms with Crippen LogP contribution in [0.3, 0.4) is 0 Å². The number of benzene rings is 1. The molecule has 0 amide bonds. The molecular weight excluding hydrogens is 238 g/mol. The summed E-state index contributed by atoms with van der Waals surface area (Å²) in [5, 5.41) is 11.7. The normalized spacial score (nSPS) is 14.8. The van der Waals surface area contributed by atoms with Crippen molar-refractivity contribution in [3.05, 3.63) is 35.2 Å². The number of nitrogens with zero attached hydrogens (tertiary/aromatic N) is 2. The number of hydrogen-bond acceptors (Lipinski definition) is 4. The topological polar surface area (TPSA) is 51.0 Å². The molecule has 2 aromatic rings. The average Bonchev–Trinajstić information content (AvgIpc) is 3.07. The van der Waals surface area contributed by atoms with Gasteiger partial charge in [0.2, 0.25) is 11.8 Å². The fourth-order valence-corrected chi connectivity index (χ4v) is 2.19. The van der Waals surface area contributed by atoms with Gasteiger partial charge in [-0.2, -0.15) is 0 Å². The molecule has 0 saturated heterocycles. The van der Waals surface area contributed by atoms with Crippen molar-refractivity contribution in [1.29, 1.82) is 0 Å². The predicted octanol–water partition coefficient (Wildman–Crippen LogP) is 2.65. The van der Waals surface area contributed by atoms with Gasteiger partial charge in [-0.05, 0) is 38.3 Å². The molecule has 0 radical (unpaired) electrons. The molecule has 1 heterocycles. The molecule has 1 N–H and O–H groups in total. The van der Waals surface area contributed by atoms with E-state index < -0.39 is 0 Å². The summed E-state index contributed by atoms with van der Waals surface area (Å²) in [4.78, 5) is 0. The Morgan fingerprint density at radius 2 is 2.11 bits per heavy atom. The van der Waals surface area contributed by atoms with Crippen molar-refractivity contribution >= 4 is 0 Å². The quantitative estimate of drug-likeness (QED) is 0.894. The molecule has 100 valence electrons. The molecular formula is C15H19N3O. The van der Waals surface area contributed by atoms with Crippen LogP contribution in [0.15, 0.2) is 22.6 Å². The molecule has 4 heteroatoms. The van der Waals surface area contributed by atoms with Gasteiger partial charge in [0.05, 0.1) is 0 Å². The lowest BCUT2D eigenvalue weighted by atomic mass is 10.1. The minimum atomic E-state index is 0.624. The molecule has 0 bridgehead atoms. The second-order valence-electron chi connectivity index (χ2n) is 5.30. The van der Waals surface area contributed by atoms with Crippen LogP contribution < -0.4 is 5.32 Å². The van der Waals surface area contributed by atoms with E-state index in [4.69, 9.17) is 4.42 Å². The second kappa shape index (κ2) is 5.13. The lowest BCUT2D eigenvalue weighted by Gasteiger charge is -2.02. The highest BCUT2D eigenvalue weighted by Gasteiger charge is 2.20. The summed E-state index contributed by atoms with van der Waals surface area (Å²) >= 11 is 0. The highest BCUT2D eigenvalue weighted by atomic mass is 16.4. The standard InChI is InChI=1S/C15H19N3O/c1-10-3-6-13(11(2)9-10)15-18-17-14(19-15)7-8-16-12-4-5-12/h3,6,9,12,16H,4-5,7-8H2,1-2H3. The van der Waals surface area contributed by atoms with E-state index in [-0.39, 0.29) is 0 Å². The van der Waals surface area contributed by atoms with Crippen LogP contribution in [0.25, 0.3) is 11.5 Å². The summed E-state index contributed by atoms with van der Waals surface area (Å²) in [5.74, 6) is 1.34. The molecule has 0 aliphatic heterocycles. The van der Waals surface area contributed by atoms with Crippen molar-refractivity contribution in [2.24, 2.45) is 0 Å². The molecule has 4 nitrogen and oxygen atoms in total. The van der Waals surface area contributed by atoms with E-state index in [1.165, 1.54) is 24.0 Å². The molecule has 3 rings (SSSR count). The summed E-state index contributed by atoms with van der Waals surface area (Å²) in [6, 6.07) is 6.97. The summed E-state index contributed by atoms with van der Waals surface area (Å²) in [5.41, 5.74) is 3.44. The first-order valence-corrected chi connectivity index (χ1v) is 6.86. The molecule has 1 aliphatic carbocycles. The molecule has 1 aromatic heterocycles. The van der Waals surface area contributed by atoms with Crippen LogP contribution in [-0.2, 0) is 6.42 Å². The van der Waals surface area contributed by atoms with E-state index in [1.54, 1.807) is 0 Å². The number of nitrogens with one attached hydrogen (secondary N) is 1. The van der Waals surface area contributed by atoms with Crippen molar-refractivity contribution in [2.45, 2.75) is 39.2 Å². The Balaban J connectivity index is 1.68. The van der Waals surface area contributed by atoms with Gasteiger partial charge in [0.25, 0.3) is 0 Å². The molecule has 1 saturated carbocycles. The van der Waals surface area contributed by atoms with Gasteiger partial charge in [-0.3, -0.25) is 0 Å². The zero-order chi connectivity index (χ0) is 13.2. The van der Waals surface area contributed by atoms with Crippen LogP contribution in [0.5, 0.6) is 0 Å². The van der Waals surface area contributed by atoms with Crippen LogP contribution in [0, 0.1) is 13.8 Å². The minimum Gasteiger partial charge on any atom is -0.421 e. The summed E-state index contributed by atoms with van der Waals surface area (Å²) in [6.45, 7) is 5.07.